The molecular formula is C13H21N3. The molecule has 0 unspecified atom stereocenters. The molecule has 0 aromatic heterocycles. The second kappa shape index (κ2) is 4.74. The summed E-state index contributed by atoms with van der Waals surface area (Å²) < 4.78 is 0. The van der Waals surface area contributed by atoms with Gasteiger partial charge in [0.1, 0.15) is 0 Å². The van der Waals surface area contributed by atoms with E-state index in [-0.39, 0.29) is 0 Å². The highest BCUT2D eigenvalue weighted by atomic mass is 15.3. The number of para-hydroxylation sites is 2. The molecule has 1 aromatic carbocycles. The zero-order valence-corrected chi connectivity index (χ0v) is 10.2. The van der Waals surface area contributed by atoms with Crippen LogP contribution in [-0.4, -0.2) is 37.1 Å². The Morgan fingerprint density at radius 1 is 1.06 bits per heavy atom. The quantitative estimate of drug-likeness (QED) is 0.770. The summed E-state index contributed by atoms with van der Waals surface area (Å²) in [6.07, 6.45) is 0. The van der Waals surface area contributed by atoms with Crippen molar-refractivity contribution in [2.24, 2.45) is 0 Å². The van der Waals surface area contributed by atoms with Crippen molar-refractivity contribution in [3.8, 4) is 0 Å². The van der Waals surface area contributed by atoms with Gasteiger partial charge >= 0.3 is 0 Å². The molecule has 1 aromatic rings. The Bertz CT molecular complexity index is 341. The average Bonchev–Trinajstić information content (AvgIpc) is 2.30. The molecule has 1 aliphatic heterocycles. The Kier molecular flexibility index (Phi) is 3.34. The molecule has 3 nitrogen and oxygen atoms in total. The van der Waals surface area contributed by atoms with Gasteiger partial charge in [-0.25, -0.2) is 0 Å². The maximum absolute atomic E-state index is 5.99. The highest BCUT2D eigenvalue weighted by molar-refractivity contribution is 5.67. The summed E-state index contributed by atoms with van der Waals surface area (Å²) in [6.45, 7) is 8.93. The van der Waals surface area contributed by atoms with Crippen LogP contribution >= 0.6 is 0 Å². The number of piperazine rings is 1. The van der Waals surface area contributed by atoms with Crippen LogP contribution in [0, 0.1) is 0 Å². The van der Waals surface area contributed by atoms with Crippen LogP contribution in [0.2, 0.25) is 0 Å². The fourth-order valence-electron chi connectivity index (χ4n) is 2.25. The third kappa shape index (κ3) is 2.30. The van der Waals surface area contributed by atoms with Crippen LogP contribution in [0.25, 0.3) is 0 Å². The topological polar surface area (TPSA) is 32.5 Å². The zero-order chi connectivity index (χ0) is 11.5. The molecule has 0 bridgehead atoms. The van der Waals surface area contributed by atoms with E-state index in [4.69, 9.17) is 5.73 Å². The van der Waals surface area contributed by atoms with E-state index in [1.807, 2.05) is 12.1 Å². The van der Waals surface area contributed by atoms with E-state index in [0.29, 0.717) is 6.04 Å². The number of hydrogen-bond donors (Lipinski definition) is 1. The number of nitrogens with two attached hydrogens (primary N) is 1. The van der Waals surface area contributed by atoms with Crippen molar-refractivity contribution in [3.63, 3.8) is 0 Å². The maximum Gasteiger partial charge on any atom is 0.0600 e. The molecule has 1 fully saturated rings. The monoisotopic (exact) mass is 219 g/mol. The Labute approximate surface area is 97.8 Å². The molecule has 2 N–H and O–H groups in total. The van der Waals surface area contributed by atoms with E-state index in [1.54, 1.807) is 0 Å². The van der Waals surface area contributed by atoms with E-state index in [9.17, 15) is 0 Å². The molecule has 0 atom stereocenters. The molecule has 1 aliphatic rings. The Balaban J connectivity index is 2.02. The smallest absolute Gasteiger partial charge is 0.0600 e. The minimum absolute atomic E-state index is 0.648. The lowest BCUT2D eigenvalue weighted by molar-refractivity contribution is 0.209. The average molecular weight is 219 g/mol. The lowest BCUT2D eigenvalue weighted by atomic mass is 10.2. The van der Waals surface area contributed by atoms with E-state index >= 15 is 0 Å². The summed E-state index contributed by atoms with van der Waals surface area (Å²) in [7, 11) is 0. The van der Waals surface area contributed by atoms with Gasteiger partial charge in [-0.05, 0) is 26.0 Å². The van der Waals surface area contributed by atoms with Gasteiger partial charge in [0.2, 0.25) is 0 Å². The molecule has 0 aliphatic carbocycles. The first-order valence-corrected chi connectivity index (χ1v) is 6.02. The molecule has 1 saturated heterocycles. The molecular weight excluding hydrogens is 198 g/mol. The fraction of sp³-hybridized carbons (Fsp3) is 0.538. The molecule has 1 heterocycles. The SMILES string of the molecule is CC(C)N1CCN(c2ccccc2N)CC1. The summed E-state index contributed by atoms with van der Waals surface area (Å²) in [4.78, 5) is 4.89. The highest BCUT2D eigenvalue weighted by Crippen LogP contribution is 2.23. The van der Waals surface area contributed by atoms with Gasteiger partial charge in [-0.2, -0.15) is 0 Å². The standard InChI is InChI=1S/C13H21N3/c1-11(2)15-7-9-16(10-8-15)13-6-4-3-5-12(13)14/h3-6,11H,7-10,14H2,1-2H3. The van der Waals surface area contributed by atoms with Crippen LogP contribution < -0.4 is 10.6 Å². The van der Waals surface area contributed by atoms with Crippen molar-refractivity contribution in [2.75, 3.05) is 36.8 Å². The van der Waals surface area contributed by atoms with Crippen LogP contribution in [0.1, 0.15) is 13.8 Å². The summed E-state index contributed by atoms with van der Waals surface area (Å²) in [6, 6.07) is 8.78. The minimum Gasteiger partial charge on any atom is -0.397 e. The molecule has 88 valence electrons. The fourth-order valence-corrected chi connectivity index (χ4v) is 2.25. The molecule has 0 amide bonds. The normalized spacial score (nSPS) is 18.1. The number of hydrogen-bond acceptors (Lipinski definition) is 3. The van der Waals surface area contributed by atoms with Crippen LogP contribution in [0.5, 0.6) is 0 Å². The first-order chi connectivity index (χ1) is 7.68. The first-order valence-electron chi connectivity index (χ1n) is 6.02. The minimum atomic E-state index is 0.648. The van der Waals surface area contributed by atoms with Crippen molar-refractivity contribution in [1.29, 1.82) is 0 Å². The maximum atomic E-state index is 5.99. The summed E-state index contributed by atoms with van der Waals surface area (Å²) >= 11 is 0. The van der Waals surface area contributed by atoms with Gasteiger partial charge < -0.3 is 10.6 Å². The van der Waals surface area contributed by atoms with Gasteiger partial charge in [-0.15, -0.1) is 0 Å². The molecule has 0 saturated carbocycles. The second-order valence-electron chi connectivity index (χ2n) is 4.68. The van der Waals surface area contributed by atoms with Crippen molar-refractivity contribution in [1.82, 2.24) is 4.90 Å². The summed E-state index contributed by atoms with van der Waals surface area (Å²) in [5.41, 5.74) is 8.07. The predicted octanol–water partition coefficient (Wildman–Crippen LogP) is 1.80. The van der Waals surface area contributed by atoms with Crippen molar-refractivity contribution in [2.45, 2.75) is 19.9 Å². The van der Waals surface area contributed by atoms with E-state index in [1.165, 1.54) is 5.69 Å². The number of nitrogen functional groups attached to an aromatic ring is 1. The van der Waals surface area contributed by atoms with Gasteiger partial charge in [0.05, 0.1) is 11.4 Å². The zero-order valence-electron chi connectivity index (χ0n) is 10.2. The lowest BCUT2D eigenvalue weighted by Crippen LogP contribution is -2.49. The molecule has 0 radical (unpaired) electrons. The van der Waals surface area contributed by atoms with Crippen LogP contribution in [0.15, 0.2) is 24.3 Å². The third-order valence-electron chi connectivity index (χ3n) is 3.32. The predicted molar refractivity (Wildman–Crippen MR) is 69.8 cm³/mol. The van der Waals surface area contributed by atoms with Gasteiger partial charge in [0.25, 0.3) is 0 Å². The van der Waals surface area contributed by atoms with Crippen molar-refractivity contribution < 1.29 is 0 Å². The summed E-state index contributed by atoms with van der Waals surface area (Å²) in [5, 5.41) is 0. The Morgan fingerprint density at radius 3 is 2.25 bits per heavy atom. The van der Waals surface area contributed by atoms with Gasteiger partial charge in [-0.1, -0.05) is 12.1 Å². The van der Waals surface area contributed by atoms with Gasteiger partial charge in [-0.3, -0.25) is 4.90 Å². The molecule has 2 rings (SSSR count). The number of rotatable bonds is 2. The van der Waals surface area contributed by atoms with E-state index < -0.39 is 0 Å². The largest absolute Gasteiger partial charge is 0.397 e. The number of anilines is 2. The van der Waals surface area contributed by atoms with E-state index in [0.717, 1.165) is 31.9 Å². The van der Waals surface area contributed by atoms with Crippen LogP contribution in [0.3, 0.4) is 0 Å². The van der Waals surface area contributed by atoms with E-state index in [2.05, 4.69) is 35.8 Å². The second-order valence-corrected chi connectivity index (χ2v) is 4.68. The molecule has 3 heteroatoms. The summed E-state index contributed by atoms with van der Waals surface area (Å²) in [5.74, 6) is 0. The van der Waals surface area contributed by atoms with Gasteiger partial charge in [0, 0.05) is 32.2 Å². The van der Waals surface area contributed by atoms with Crippen molar-refractivity contribution >= 4 is 11.4 Å². The molecule has 16 heavy (non-hydrogen) atoms. The van der Waals surface area contributed by atoms with Gasteiger partial charge in [0.15, 0.2) is 0 Å². The highest BCUT2D eigenvalue weighted by Gasteiger charge is 2.19. The van der Waals surface area contributed by atoms with Crippen LogP contribution in [-0.2, 0) is 0 Å². The van der Waals surface area contributed by atoms with Crippen LogP contribution in [0.4, 0.5) is 11.4 Å². The first kappa shape index (κ1) is 11.3. The Hall–Kier alpha value is -1.22. The van der Waals surface area contributed by atoms with Crippen molar-refractivity contribution in [3.05, 3.63) is 24.3 Å². The number of benzene rings is 1. The lowest BCUT2D eigenvalue weighted by Gasteiger charge is -2.38. The third-order valence-corrected chi connectivity index (χ3v) is 3.32. The Morgan fingerprint density at radius 2 is 1.69 bits per heavy atom. The molecule has 0 spiro atoms. The number of nitrogens with zero attached hydrogens (tertiary/aromatic N) is 2.